The number of amides is 1. The minimum atomic E-state index is -0.257. The number of hydrogen-bond donors (Lipinski definition) is 3. The highest BCUT2D eigenvalue weighted by atomic mass is 35.5. The van der Waals surface area contributed by atoms with Crippen LogP contribution in [-0.2, 0) is 6.54 Å². The first kappa shape index (κ1) is 21.2. The Bertz CT molecular complexity index is 589. The molecule has 0 aliphatic heterocycles. The van der Waals surface area contributed by atoms with E-state index in [1.54, 1.807) is 0 Å². The summed E-state index contributed by atoms with van der Waals surface area (Å²) in [5, 5.41) is 5.95. The van der Waals surface area contributed by atoms with Gasteiger partial charge in [0.25, 0.3) is 5.91 Å². The number of carbonyl (C=O) groups excluding carboxylic acids is 1. The molecular weight excluding hydrogens is 341 g/mol. The van der Waals surface area contributed by atoms with Gasteiger partial charge in [-0.3, -0.25) is 4.79 Å². The van der Waals surface area contributed by atoms with E-state index in [0.29, 0.717) is 12.4 Å². The molecule has 128 valence electrons. The fourth-order valence-electron chi connectivity index (χ4n) is 1.68. The summed E-state index contributed by atoms with van der Waals surface area (Å²) in [5.41, 5.74) is 6.74. The van der Waals surface area contributed by atoms with Gasteiger partial charge in [0, 0.05) is 19.3 Å². The Kier molecular flexibility index (Phi) is 9.96. The van der Waals surface area contributed by atoms with Crippen LogP contribution in [0.5, 0.6) is 0 Å². The number of pyridine rings is 1. The second-order valence-electron chi connectivity index (χ2n) is 4.59. The van der Waals surface area contributed by atoms with Crippen molar-refractivity contribution in [3.63, 3.8) is 0 Å². The first-order valence-electron chi connectivity index (χ1n) is 6.78. The summed E-state index contributed by atoms with van der Waals surface area (Å²) >= 11 is 0. The zero-order chi connectivity index (χ0) is 15.1. The third-order valence-corrected chi connectivity index (χ3v) is 2.82. The van der Waals surface area contributed by atoms with E-state index in [-0.39, 0.29) is 43.0 Å². The summed E-state index contributed by atoms with van der Waals surface area (Å²) in [5.74, 6) is 0.926. The van der Waals surface area contributed by atoms with E-state index in [2.05, 4.69) is 20.6 Å². The van der Waals surface area contributed by atoms with Gasteiger partial charge in [0.05, 0.1) is 6.54 Å². The minimum Gasteiger partial charge on any atom is -0.447 e. The van der Waals surface area contributed by atoms with Crippen molar-refractivity contribution in [3.8, 4) is 0 Å². The van der Waals surface area contributed by atoms with Gasteiger partial charge >= 0.3 is 0 Å². The zero-order valence-corrected chi connectivity index (χ0v) is 14.4. The molecule has 7 nitrogen and oxygen atoms in total. The molecule has 0 atom stereocenters. The Labute approximate surface area is 147 Å². The fraction of sp³-hybridized carbons (Fsp3) is 0.357. The molecule has 2 rings (SSSR count). The smallest absolute Gasteiger partial charge is 0.273 e. The Balaban J connectivity index is 0.00000242. The lowest BCUT2D eigenvalue weighted by atomic mass is 10.3. The topological polar surface area (TPSA) is 106 Å². The predicted octanol–water partition coefficient (Wildman–Crippen LogP) is 1.91. The Morgan fingerprint density at radius 1 is 1.30 bits per heavy atom. The van der Waals surface area contributed by atoms with Crippen LogP contribution in [0.2, 0.25) is 0 Å². The number of aryl methyl sites for hydroxylation is 1. The Morgan fingerprint density at radius 3 is 2.70 bits per heavy atom. The van der Waals surface area contributed by atoms with Crippen molar-refractivity contribution in [1.29, 1.82) is 0 Å². The first-order valence-corrected chi connectivity index (χ1v) is 6.78. The maximum atomic E-state index is 11.7. The number of nitrogens with one attached hydrogen (secondary N) is 2. The molecule has 4 N–H and O–H groups in total. The van der Waals surface area contributed by atoms with E-state index >= 15 is 0 Å². The molecule has 0 aliphatic rings. The number of hydrogen-bond acceptors (Lipinski definition) is 6. The standard InChI is InChI=1S/C14H19N5O2.2ClH/c1-10-3-4-12(18-8-10)16-5-2-6-17-14(20)11-9-21-13(7-15)19-11;;/h3-4,8-9H,2,5-7,15H2,1H3,(H,16,18)(H,17,20);2*1H. The van der Waals surface area contributed by atoms with E-state index in [9.17, 15) is 4.79 Å². The van der Waals surface area contributed by atoms with Crippen LogP contribution in [0.25, 0.3) is 0 Å². The molecule has 0 radical (unpaired) electrons. The van der Waals surface area contributed by atoms with Crippen LogP contribution in [0.3, 0.4) is 0 Å². The fourth-order valence-corrected chi connectivity index (χ4v) is 1.68. The zero-order valence-electron chi connectivity index (χ0n) is 12.7. The molecule has 1 amide bonds. The molecule has 0 saturated carbocycles. The van der Waals surface area contributed by atoms with Crippen LogP contribution in [0.4, 0.5) is 5.82 Å². The van der Waals surface area contributed by atoms with Crippen LogP contribution < -0.4 is 16.4 Å². The minimum absolute atomic E-state index is 0. The highest BCUT2D eigenvalue weighted by Crippen LogP contribution is 2.03. The number of carbonyl (C=O) groups is 1. The molecule has 2 heterocycles. The van der Waals surface area contributed by atoms with Gasteiger partial charge in [-0.05, 0) is 25.0 Å². The van der Waals surface area contributed by atoms with Crippen molar-refractivity contribution in [2.45, 2.75) is 19.9 Å². The van der Waals surface area contributed by atoms with Crippen LogP contribution >= 0.6 is 24.8 Å². The number of oxazole rings is 1. The lowest BCUT2D eigenvalue weighted by molar-refractivity contribution is 0.0948. The number of rotatable bonds is 7. The van der Waals surface area contributed by atoms with Crippen LogP contribution in [0.1, 0.15) is 28.4 Å². The Morgan fingerprint density at radius 2 is 2.09 bits per heavy atom. The van der Waals surface area contributed by atoms with Crippen molar-refractivity contribution < 1.29 is 9.21 Å². The van der Waals surface area contributed by atoms with Crippen LogP contribution in [0, 0.1) is 6.92 Å². The molecule has 0 spiro atoms. The summed E-state index contributed by atoms with van der Waals surface area (Å²) in [6.07, 6.45) is 3.90. The molecule has 0 saturated heterocycles. The normalized spacial score (nSPS) is 9.48. The van der Waals surface area contributed by atoms with Crippen molar-refractivity contribution in [3.05, 3.63) is 41.7 Å². The molecule has 23 heavy (non-hydrogen) atoms. The lowest BCUT2D eigenvalue weighted by Gasteiger charge is -2.06. The first-order chi connectivity index (χ1) is 10.2. The third kappa shape index (κ3) is 6.85. The second kappa shape index (κ2) is 10.8. The maximum absolute atomic E-state index is 11.7. The molecule has 0 aliphatic carbocycles. The van der Waals surface area contributed by atoms with E-state index in [4.69, 9.17) is 10.2 Å². The summed E-state index contributed by atoms with van der Waals surface area (Å²) in [4.78, 5) is 19.9. The molecule has 0 aromatic carbocycles. The monoisotopic (exact) mass is 361 g/mol. The number of nitrogens with zero attached hydrogens (tertiary/aromatic N) is 2. The van der Waals surface area contributed by atoms with Gasteiger partial charge in [0.15, 0.2) is 5.69 Å². The van der Waals surface area contributed by atoms with Crippen LogP contribution in [0.15, 0.2) is 29.0 Å². The largest absolute Gasteiger partial charge is 0.447 e. The van der Waals surface area contributed by atoms with Gasteiger partial charge in [-0.2, -0.15) is 0 Å². The molecule has 0 fully saturated rings. The van der Waals surface area contributed by atoms with Gasteiger partial charge in [0.2, 0.25) is 5.89 Å². The summed E-state index contributed by atoms with van der Waals surface area (Å²) in [6, 6.07) is 3.92. The molecule has 2 aromatic heterocycles. The predicted molar refractivity (Wildman–Crippen MR) is 93.3 cm³/mol. The quantitative estimate of drug-likeness (QED) is 0.650. The summed E-state index contributed by atoms with van der Waals surface area (Å²) < 4.78 is 5.01. The number of anilines is 1. The van der Waals surface area contributed by atoms with Gasteiger partial charge in [0.1, 0.15) is 12.1 Å². The van der Waals surface area contributed by atoms with Crippen molar-refractivity contribution in [1.82, 2.24) is 15.3 Å². The van der Waals surface area contributed by atoms with Crippen LogP contribution in [-0.4, -0.2) is 29.0 Å². The average Bonchev–Trinajstić information content (AvgIpc) is 2.98. The van der Waals surface area contributed by atoms with Gasteiger partial charge in [-0.25, -0.2) is 9.97 Å². The van der Waals surface area contributed by atoms with E-state index in [0.717, 1.165) is 24.3 Å². The Hall–Kier alpha value is -1.83. The van der Waals surface area contributed by atoms with Crippen molar-refractivity contribution in [2.75, 3.05) is 18.4 Å². The average molecular weight is 362 g/mol. The highest BCUT2D eigenvalue weighted by Gasteiger charge is 2.10. The number of nitrogens with two attached hydrogens (primary N) is 1. The van der Waals surface area contributed by atoms with Gasteiger partial charge in [-0.15, -0.1) is 24.8 Å². The SMILES string of the molecule is Cc1ccc(NCCCNC(=O)c2coc(CN)n2)nc1.Cl.Cl. The second-order valence-corrected chi connectivity index (χ2v) is 4.59. The summed E-state index contributed by atoms with van der Waals surface area (Å²) in [7, 11) is 0. The molecule has 2 aromatic rings. The van der Waals surface area contributed by atoms with Gasteiger partial charge < -0.3 is 20.8 Å². The molecular formula is C14H21Cl2N5O2. The third-order valence-electron chi connectivity index (χ3n) is 2.82. The number of halogens is 2. The van der Waals surface area contributed by atoms with E-state index < -0.39 is 0 Å². The number of aromatic nitrogens is 2. The van der Waals surface area contributed by atoms with E-state index in [1.165, 1.54) is 6.26 Å². The molecule has 0 bridgehead atoms. The lowest BCUT2D eigenvalue weighted by Crippen LogP contribution is -2.26. The van der Waals surface area contributed by atoms with Crippen molar-refractivity contribution in [2.24, 2.45) is 5.73 Å². The molecule has 0 unspecified atom stereocenters. The molecule has 9 heteroatoms. The van der Waals surface area contributed by atoms with Crippen molar-refractivity contribution >= 4 is 36.5 Å². The maximum Gasteiger partial charge on any atom is 0.273 e. The summed E-state index contributed by atoms with van der Waals surface area (Å²) in [6.45, 7) is 3.44. The van der Waals surface area contributed by atoms with Gasteiger partial charge in [-0.1, -0.05) is 6.07 Å². The van der Waals surface area contributed by atoms with E-state index in [1.807, 2.05) is 25.3 Å². The highest BCUT2D eigenvalue weighted by molar-refractivity contribution is 5.91.